The summed E-state index contributed by atoms with van der Waals surface area (Å²) in [6.45, 7) is 5.63. The summed E-state index contributed by atoms with van der Waals surface area (Å²) < 4.78 is 0. The molecule has 1 saturated carbocycles. The molecule has 2 aliphatic rings. The van der Waals surface area contributed by atoms with Crippen molar-refractivity contribution in [2.45, 2.75) is 44.3 Å². The summed E-state index contributed by atoms with van der Waals surface area (Å²) in [5, 5.41) is 0. The van der Waals surface area contributed by atoms with E-state index < -0.39 is 0 Å². The van der Waals surface area contributed by atoms with E-state index in [-0.39, 0.29) is 17.5 Å². The number of likely N-dealkylation sites (N-methyl/N-ethyl adjacent to an activating group) is 1. The fourth-order valence-corrected chi connectivity index (χ4v) is 2.73. The number of piperazine rings is 1. The molecular weight excluding hydrogens is 190 g/mol. The van der Waals surface area contributed by atoms with Crippen LogP contribution in [0.15, 0.2) is 0 Å². The summed E-state index contributed by atoms with van der Waals surface area (Å²) in [5.74, 6) is 0.221. The van der Waals surface area contributed by atoms with Crippen LogP contribution in [0.5, 0.6) is 0 Å². The zero-order valence-electron chi connectivity index (χ0n) is 9.86. The van der Waals surface area contributed by atoms with Crippen LogP contribution < -0.4 is 5.73 Å². The lowest BCUT2D eigenvalue weighted by atomic mass is 9.95. The van der Waals surface area contributed by atoms with E-state index in [0.29, 0.717) is 12.6 Å². The van der Waals surface area contributed by atoms with Gasteiger partial charge < -0.3 is 10.6 Å². The van der Waals surface area contributed by atoms with Gasteiger partial charge in [-0.25, -0.2) is 0 Å². The van der Waals surface area contributed by atoms with Crippen molar-refractivity contribution in [2.75, 3.05) is 20.1 Å². The van der Waals surface area contributed by atoms with Crippen LogP contribution in [-0.2, 0) is 4.79 Å². The second kappa shape index (κ2) is 3.46. The molecule has 1 saturated heterocycles. The zero-order chi connectivity index (χ0) is 11.2. The van der Waals surface area contributed by atoms with Gasteiger partial charge in [-0.1, -0.05) is 0 Å². The van der Waals surface area contributed by atoms with Crippen LogP contribution in [0.25, 0.3) is 0 Å². The fourth-order valence-electron chi connectivity index (χ4n) is 2.73. The van der Waals surface area contributed by atoms with E-state index >= 15 is 0 Å². The van der Waals surface area contributed by atoms with Gasteiger partial charge in [-0.05, 0) is 33.7 Å². The Morgan fingerprint density at radius 3 is 2.53 bits per heavy atom. The van der Waals surface area contributed by atoms with E-state index in [1.54, 1.807) is 0 Å². The van der Waals surface area contributed by atoms with Gasteiger partial charge in [-0.3, -0.25) is 9.69 Å². The van der Waals surface area contributed by atoms with Crippen molar-refractivity contribution < 1.29 is 4.79 Å². The van der Waals surface area contributed by atoms with Crippen LogP contribution in [0.3, 0.4) is 0 Å². The molecule has 1 heterocycles. The molecule has 15 heavy (non-hydrogen) atoms. The second-order valence-electron chi connectivity index (χ2n) is 5.42. The molecule has 2 fully saturated rings. The fraction of sp³-hybridized carbons (Fsp3) is 0.909. The Bertz CT molecular complexity index is 273. The van der Waals surface area contributed by atoms with E-state index in [1.807, 2.05) is 7.05 Å². The van der Waals surface area contributed by atoms with Gasteiger partial charge in [0.05, 0.1) is 5.54 Å². The number of rotatable bonds is 2. The highest BCUT2D eigenvalue weighted by Gasteiger charge is 2.48. The first-order valence-corrected chi connectivity index (χ1v) is 5.71. The molecule has 0 aromatic carbocycles. The van der Waals surface area contributed by atoms with Crippen molar-refractivity contribution in [3.8, 4) is 0 Å². The normalized spacial score (nSPS) is 32.1. The summed E-state index contributed by atoms with van der Waals surface area (Å²) in [4.78, 5) is 16.4. The lowest BCUT2D eigenvalue weighted by Gasteiger charge is -2.49. The zero-order valence-corrected chi connectivity index (χ0v) is 9.86. The third-order valence-corrected chi connectivity index (χ3v) is 3.48. The minimum absolute atomic E-state index is 0.0430. The molecular formula is C11H21N3O. The molecule has 86 valence electrons. The predicted molar refractivity (Wildman–Crippen MR) is 59.4 cm³/mol. The first-order valence-electron chi connectivity index (χ1n) is 5.71. The van der Waals surface area contributed by atoms with E-state index in [4.69, 9.17) is 5.73 Å². The first-order chi connectivity index (χ1) is 6.97. The lowest BCUT2D eigenvalue weighted by Crippen LogP contribution is -2.67. The number of carbonyl (C=O) groups excluding carboxylic acids is 1. The summed E-state index contributed by atoms with van der Waals surface area (Å²) in [5.41, 5.74) is 5.62. The molecule has 1 amide bonds. The van der Waals surface area contributed by atoms with E-state index in [9.17, 15) is 4.79 Å². The molecule has 0 spiro atoms. The summed E-state index contributed by atoms with van der Waals surface area (Å²) in [6.07, 6.45) is 2.33. The Hall–Kier alpha value is -0.610. The minimum atomic E-state index is -0.112. The van der Waals surface area contributed by atoms with Crippen LogP contribution in [0, 0.1) is 0 Å². The molecule has 1 unspecified atom stereocenters. The number of hydrogen-bond donors (Lipinski definition) is 1. The van der Waals surface area contributed by atoms with Crippen LogP contribution in [-0.4, -0.2) is 53.5 Å². The summed E-state index contributed by atoms with van der Waals surface area (Å²) in [6, 6.07) is 0.369. The highest BCUT2D eigenvalue weighted by Crippen LogP contribution is 2.36. The quantitative estimate of drug-likeness (QED) is 0.701. The third kappa shape index (κ3) is 1.76. The molecule has 2 rings (SSSR count). The van der Waals surface area contributed by atoms with Crippen molar-refractivity contribution in [1.82, 2.24) is 9.80 Å². The Morgan fingerprint density at radius 1 is 1.47 bits per heavy atom. The highest BCUT2D eigenvalue weighted by molar-refractivity contribution is 5.84. The molecule has 0 radical (unpaired) electrons. The standard InChI is InChI=1S/C11H21N3O/c1-11(2)7-13(3)9(6-12)10(15)14(11)8-4-5-8/h8-9H,4-7,12H2,1-3H3. The van der Waals surface area contributed by atoms with E-state index in [0.717, 1.165) is 19.4 Å². The SMILES string of the molecule is CN1CC(C)(C)N(C2CC2)C(=O)C1CN. The van der Waals surface area contributed by atoms with Crippen molar-refractivity contribution >= 4 is 5.91 Å². The van der Waals surface area contributed by atoms with Crippen LogP contribution in [0.4, 0.5) is 0 Å². The molecule has 0 aromatic heterocycles. The van der Waals surface area contributed by atoms with Gasteiger partial charge in [0.15, 0.2) is 0 Å². The van der Waals surface area contributed by atoms with Gasteiger partial charge in [0, 0.05) is 19.1 Å². The van der Waals surface area contributed by atoms with Crippen LogP contribution >= 0.6 is 0 Å². The summed E-state index contributed by atoms with van der Waals surface area (Å²) in [7, 11) is 1.99. The van der Waals surface area contributed by atoms with E-state index in [1.165, 1.54) is 0 Å². The molecule has 0 bridgehead atoms. The molecule has 1 aliphatic heterocycles. The van der Waals surface area contributed by atoms with Crippen molar-refractivity contribution in [1.29, 1.82) is 0 Å². The van der Waals surface area contributed by atoms with Gasteiger partial charge in [-0.2, -0.15) is 0 Å². The largest absolute Gasteiger partial charge is 0.332 e. The maximum Gasteiger partial charge on any atom is 0.241 e. The molecule has 1 atom stereocenters. The minimum Gasteiger partial charge on any atom is -0.332 e. The predicted octanol–water partition coefficient (Wildman–Crippen LogP) is 0.0287. The summed E-state index contributed by atoms with van der Waals surface area (Å²) >= 11 is 0. The Kier molecular flexibility index (Phi) is 2.51. The topological polar surface area (TPSA) is 49.6 Å². The van der Waals surface area contributed by atoms with Crippen LogP contribution in [0.2, 0.25) is 0 Å². The Morgan fingerprint density at radius 2 is 2.07 bits per heavy atom. The maximum absolute atomic E-state index is 12.3. The van der Waals surface area contributed by atoms with Gasteiger partial charge in [0.2, 0.25) is 5.91 Å². The van der Waals surface area contributed by atoms with Gasteiger partial charge in [-0.15, -0.1) is 0 Å². The number of nitrogens with two attached hydrogens (primary N) is 1. The molecule has 1 aliphatic carbocycles. The molecule has 4 heteroatoms. The highest BCUT2D eigenvalue weighted by atomic mass is 16.2. The van der Waals surface area contributed by atoms with Crippen molar-refractivity contribution in [2.24, 2.45) is 5.73 Å². The maximum atomic E-state index is 12.3. The number of hydrogen-bond acceptors (Lipinski definition) is 3. The van der Waals surface area contributed by atoms with Gasteiger partial charge in [0.1, 0.15) is 6.04 Å². The monoisotopic (exact) mass is 211 g/mol. The average Bonchev–Trinajstić information content (AvgIpc) is 2.86. The van der Waals surface area contributed by atoms with Crippen LogP contribution in [0.1, 0.15) is 26.7 Å². The van der Waals surface area contributed by atoms with Gasteiger partial charge >= 0.3 is 0 Å². The number of amides is 1. The average molecular weight is 211 g/mol. The van der Waals surface area contributed by atoms with Gasteiger partial charge in [0.25, 0.3) is 0 Å². The van der Waals surface area contributed by atoms with Crippen molar-refractivity contribution in [3.05, 3.63) is 0 Å². The first kappa shape index (κ1) is 10.9. The molecule has 4 nitrogen and oxygen atoms in total. The number of nitrogens with zero attached hydrogens (tertiary/aromatic N) is 2. The molecule has 2 N–H and O–H groups in total. The Labute approximate surface area is 91.4 Å². The smallest absolute Gasteiger partial charge is 0.241 e. The lowest BCUT2D eigenvalue weighted by molar-refractivity contribution is -0.150. The third-order valence-electron chi connectivity index (χ3n) is 3.48. The number of carbonyl (C=O) groups is 1. The van der Waals surface area contributed by atoms with Crippen molar-refractivity contribution in [3.63, 3.8) is 0 Å². The Balaban J connectivity index is 2.22. The second-order valence-corrected chi connectivity index (χ2v) is 5.42. The molecule has 0 aromatic rings. The van der Waals surface area contributed by atoms with E-state index in [2.05, 4.69) is 23.6 Å².